The topological polar surface area (TPSA) is 118 Å². The Balaban J connectivity index is 1.67. The summed E-state index contributed by atoms with van der Waals surface area (Å²) < 4.78 is 17.3. The van der Waals surface area contributed by atoms with Gasteiger partial charge in [0, 0.05) is 18.4 Å². The van der Waals surface area contributed by atoms with E-state index in [0.29, 0.717) is 46.8 Å². The molecular formula is C27H25N3O4. The highest BCUT2D eigenvalue weighted by Gasteiger charge is 2.43. The number of nitrogens with two attached hydrogens (primary N) is 1. The molecule has 1 aliphatic heterocycles. The quantitative estimate of drug-likeness (QED) is 0.700. The van der Waals surface area contributed by atoms with Crippen molar-refractivity contribution in [3.05, 3.63) is 81.9 Å². The summed E-state index contributed by atoms with van der Waals surface area (Å²) in [6, 6.07) is 16.7. The van der Waals surface area contributed by atoms with Crippen LogP contribution in [0.25, 0.3) is 0 Å². The monoisotopic (exact) mass is 455 g/mol. The molecule has 0 saturated heterocycles. The van der Waals surface area contributed by atoms with Crippen molar-refractivity contribution in [2.24, 2.45) is 11.1 Å². The first-order valence-electron chi connectivity index (χ1n) is 10.9. The molecule has 2 N–H and O–H groups in total. The van der Waals surface area contributed by atoms with E-state index in [1.807, 2.05) is 32.0 Å². The summed E-state index contributed by atoms with van der Waals surface area (Å²) in [7, 11) is 1.53. The minimum atomic E-state index is -0.626. The van der Waals surface area contributed by atoms with Gasteiger partial charge in [0.2, 0.25) is 5.88 Å². The van der Waals surface area contributed by atoms with Gasteiger partial charge in [-0.05, 0) is 40.8 Å². The highest BCUT2D eigenvalue weighted by molar-refractivity contribution is 6.00. The zero-order valence-corrected chi connectivity index (χ0v) is 19.3. The maximum absolute atomic E-state index is 13.1. The van der Waals surface area contributed by atoms with Gasteiger partial charge in [-0.1, -0.05) is 32.0 Å². The minimum Gasteiger partial charge on any atom is -0.493 e. The van der Waals surface area contributed by atoms with Gasteiger partial charge in [-0.2, -0.15) is 10.5 Å². The lowest BCUT2D eigenvalue weighted by Gasteiger charge is -2.37. The van der Waals surface area contributed by atoms with E-state index in [0.717, 1.165) is 5.56 Å². The maximum Gasteiger partial charge on any atom is 0.205 e. The Labute approximate surface area is 198 Å². The van der Waals surface area contributed by atoms with E-state index < -0.39 is 5.92 Å². The molecule has 0 spiro atoms. The van der Waals surface area contributed by atoms with Crippen molar-refractivity contribution in [2.45, 2.75) is 39.2 Å². The number of Topliss-reactive ketones (excluding diaryl/α,β-unsaturated/α-hetero) is 1. The molecule has 4 rings (SSSR count). The van der Waals surface area contributed by atoms with Crippen molar-refractivity contribution < 1.29 is 19.0 Å². The van der Waals surface area contributed by atoms with Gasteiger partial charge in [0.25, 0.3) is 0 Å². The normalized spacial score (nSPS) is 19.0. The molecule has 34 heavy (non-hydrogen) atoms. The van der Waals surface area contributed by atoms with Gasteiger partial charge >= 0.3 is 0 Å². The van der Waals surface area contributed by atoms with E-state index in [4.69, 9.17) is 25.2 Å². The fraction of sp³-hybridized carbons (Fsp3) is 0.296. The van der Waals surface area contributed by atoms with Gasteiger partial charge in [0.05, 0.1) is 24.7 Å². The van der Waals surface area contributed by atoms with Crippen molar-refractivity contribution in [1.29, 1.82) is 10.5 Å². The summed E-state index contributed by atoms with van der Waals surface area (Å²) >= 11 is 0. The average Bonchev–Trinajstić information content (AvgIpc) is 2.81. The number of rotatable bonds is 5. The van der Waals surface area contributed by atoms with Gasteiger partial charge < -0.3 is 19.9 Å². The molecule has 0 fully saturated rings. The van der Waals surface area contributed by atoms with Crippen LogP contribution in [-0.2, 0) is 16.1 Å². The first kappa shape index (κ1) is 22.9. The van der Waals surface area contributed by atoms with Crippen LogP contribution in [0.2, 0.25) is 0 Å². The lowest BCUT2D eigenvalue weighted by atomic mass is 9.70. The zero-order valence-electron chi connectivity index (χ0n) is 19.3. The fourth-order valence-electron chi connectivity index (χ4n) is 4.44. The molecular weight excluding hydrogens is 430 g/mol. The van der Waals surface area contributed by atoms with Gasteiger partial charge in [-0.3, -0.25) is 4.79 Å². The summed E-state index contributed by atoms with van der Waals surface area (Å²) in [6.07, 6.45) is 0.931. The average molecular weight is 456 g/mol. The third-order valence-electron chi connectivity index (χ3n) is 6.07. The predicted molar refractivity (Wildman–Crippen MR) is 124 cm³/mol. The molecule has 2 aliphatic rings. The first-order chi connectivity index (χ1) is 16.3. The van der Waals surface area contributed by atoms with E-state index in [1.165, 1.54) is 7.11 Å². The van der Waals surface area contributed by atoms with Crippen molar-refractivity contribution in [1.82, 2.24) is 0 Å². The number of hydrogen-bond acceptors (Lipinski definition) is 7. The Kier molecular flexibility index (Phi) is 6.04. The van der Waals surface area contributed by atoms with E-state index in [9.17, 15) is 10.1 Å². The molecule has 1 heterocycles. The summed E-state index contributed by atoms with van der Waals surface area (Å²) in [5, 5.41) is 18.8. The van der Waals surface area contributed by atoms with Crippen LogP contribution in [-0.4, -0.2) is 12.9 Å². The summed E-state index contributed by atoms with van der Waals surface area (Å²) in [4.78, 5) is 13.1. The Morgan fingerprint density at radius 3 is 2.47 bits per heavy atom. The first-order valence-corrected chi connectivity index (χ1v) is 10.9. The second-order valence-corrected chi connectivity index (χ2v) is 9.21. The summed E-state index contributed by atoms with van der Waals surface area (Å²) in [5.74, 6) is 0.873. The number of methoxy groups -OCH3 is 1. The van der Waals surface area contributed by atoms with Crippen LogP contribution in [0, 0.1) is 28.1 Å². The highest BCUT2D eigenvalue weighted by Crippen LogP contribution is 2.48. The number of hydrogen-bond donors (Lipinski definition) is 1. The smallest absolute Gasteiger partial charge is 0.205 e. The minimum absolute atomic E-state index is 0.0249. The van der Waals surface area contributed by atoms with Crippen LogP contribution in [0.4, 0.5) is 0 Å². The third kappa shape index (κ3) is 4.33. The van der Waals surface area contributed by atoms with Gasteiger partial charge in [0.15, 0.2) is 17.3 Å². The SMILES string of the molecule is COc1cc(C2C(C#N)=C(N)OC3=C2C(=O)CC(C)(C)C3)ccc1OCc1ccc(C#N)cc1. The highest BCUT2D eigenvalue weighted by atomic mass is 16.5. The number of nitriles is 2. The molecule has 0 bridgehead atoms. The summed E-state index contributed by atoms with van der Waals surface area (Å²) in [5.41, 5.74) is 8.74. The molecule has 0 aromatic heterocycles. The van der Waals surface area contributed by atoms with Crippen LogP contribution >= 0.6 is 0 Å². The number of ketones is 1. The van der Waals surface area contributed by atoms with E-state index in [1.54, 1.807) is 24.3 Å². The molecule has 7 heteroatoms. The van der Waals surface area contributed by atoms with Crippen LogP contribution in [0.5, 0.6) is 11.5 Å². The number of benzene rings is 2. The zero-order chi connectivity index (χ0) is 24.5. The molecule has 7 nitrogen and oxygen atoms in total. The van der Waals surface area contributed by atoms with Gasteiger partial charge in [-0.15, -0.1) is 0 Å². The number of allylic oxidation sites excluding steroid dienone is 3. The lowest BCUT2D eigenvalue weighted by molar-refractivity contribution is -0.119. The Hall–Kier alpha value is -4.23. The predicted octanol–water partition coefficient (Wildman–Crippen LogP) is 4.60. The van der Waals surface area contributed by atoms with Crippen LogP contribution in [0.3, 0.4) is 0 Å². The molecule has 1 unspecified atom stereocenters. The van der Waals surface area contributed by atoms with Gasteiger partial charge in [-0.25, -0.2) is 0 Å². The van der Waals surface area contributed by atoms with Crippen LogP contribution < -0.4 is 15.2 Å². The standard InChI is InChI=1S/C27H25N3O4/c1-27(2)11-20(31)25-23(12-27)34-26(30)19(14-29)24(25)18-8-9-21(22(10-18)32-3)33-15-17-6-4-16(13-28)5-7-17/h4-10,24H,11-12,15,30H2,1-3H3. The van der Waals surface area contributed by atoms with E-state index in [2.05, 4.69) is 12.1 Å². The van der Waals surface area contributed by atoms with Crippen LogP contribution in [0.15, 0.2) is 65.3 Å². The number of carbonyl (C=O) groups excluding carboxylic acids is 1. The molecule has 172 valence electrons. The molecule has 0 radical (unpaired) electrons. The molecule has 0 saturated carbocycles. The van der Waals surface area contributed by atoms with Crippen molar-refractivity contribution in [3.63, 3.8) is 0 Å². The Bertz CT molecular complexity index is 1290. The molecule has 2 aromatic carbocycles. The number of nitrogens with zero attached hydrogens (tertiary/aromatic N) is 2. The second kappa shape index (κ2) is 8.96. The lowest BCUT2D eigenvalue weighted by Crippen LogP contribution is -2.33. The van der Waals surface area contributed by atoms with E-state index >= 15 is 0 Å². The largest absolute Gasteiger partial charge is 0.493 e. The third-order valence-corrected chi connectivity index (χ3v) is 6.07. The van der Waals surface area contributed by atoms with Crippen molar-refractivity contribution in [2.75, 3.05) is 7.11 Å². The van der Waals surface area contributed by atoms with Gasteiger partial charge in [0.1, 0.15) is 24.0 Å². The van der Waals surface area contributed by atoms with Crippen molar-refractivity contribution in [3.8, 4) is 23.6 Å². The Morgan fingerprint density at radius 2 is 1.82 bits per heavy atom. The summed E-state index contributed by atoms with van der Waals surface area (Å²) in [6.45, 7) is 4.31. The maximum atomic E-state index is 13.1. The Morgan fingerprint density at radius 1 is 1.09 bits per heavy atom. The number of carbonyl (C=O) groups is 1. The fourth-order valence-corrected chi connectivity index (χ4v) is 4.44. The molecule has 1 atom stereocenters. The molecule has 1 aliphatic carbocycles. The number of ether oxygens (including phenoxy) is 3. The second-order valence-electron chi connectivity index (χ2n) is 9.21. The van der Waals surface area contributed by atoms with E-state index in [-0.39, 0.29) is 29.3 Å². The van der Waals surface area contributed by atoms with Crippen molar-refractivity contribution >= 4 is 5.78 Å². The molecule has 2 aromatic rings. The van der Waals surface area contributed by atoms with Crippen LogP contribution in [0.1, 0.15) is 49.3 Å². The molecule has 0 amide bonds.